The van der Waals surface area contributed by atoms with Crippen molar-refractivity contribution in [3.05, 3.63) is 39.3 Å². The van der Waals surface area contributed by atoms with E-state index in [9.17, 15) is 19.7 Å². The molecule has 1 heterocycles. The number of amides is 1. The van der Waals surface area contributed by atoms with Crippen molar-refractivity contribution < 1.29 is 19.6 Å². The van der Waals surface area contributed by atoms with E-state index in [2.05, 4.69) is 5.32 Å². The molecule has 0 aliphatic rings. The van der Waals surface area contributed by atoms with Gasteiger partial charge in [0.25, 0.3) is 11.6 Å². The average molecular weight is 336 g/mol. The Morgan fingerprint density at radius 2 is 2.13 bits per heavy atom. The van der Waals surface area contributed by atoms with Gasteiger partial charge in [-0.1, -0.05) is 13.3 Å². The van der Waals surface area contributed by atoms with Gasteiger partial charge < -0.3 is 10.4 Å². The van der Waals surface area contributed by atoms with E-state index in [4.69, 9.17) is 5.11 Å². The van der Waals surface area contributed by atoms with Gasteiger partial charge in [0.1, 0.15) is 0 Å². The Morgan fingerprint density at radius 3 is 2.74 bits per heavy atom. The molecule has 23 heavy (non-hydrogen) atoms. The van der Waals surface area contributed by atoms with Crippen molar-refractivity contribution in [3.63, 3.8) is 0 Å². The highest BCUT2D eigenvalue weighted by Crippen LogP contribution is 2.28. The summed E-state index contributed by atoms with van der Waals surface area (Å²) in [5, 5.41) is 23.1. The minimum absolute atomic E-state index is 0.0313. The van der Waals surface area contributed by atoms with Crippen molar-refractivity contribution in [1.29, 1.82) is 0 Å². The molecule has 0 fully saturated rings. The number of benzene rings is 1. The first-order chi connectivity index (χ1) is 10.9. The van der Waals surface area contributed by atoms with Crippen LogP contribution >= 0.6 is 11.3 Å². The molecular weight excluding hydrogens is 320 g/mol. The Bertz CT molecular complexity index is 755. The van der Waals surface area contributed by atoms with Crippen molar-refractivity contribution in [2.75, 3.05) is 6.54 Å². The largest absolute Gasteiger partial charge is 0.481 e. The van der Waals surface area contributed by atoms with Crippen LogP contribution in [0.1, 0.15) is 29.4 Å². The molecule has 0 saturated carbocycles. The van der Waals surface area contributed by atoms with E-state index in [0.717, 1.165) is 11.1 Å². The first-order valence-corrected chi connectivity index (χ1v) is 7.93. The highest BCUT2D eigenvalue weighted by atomic mass is 32.1. The maximum atomic E-state index is 12.1. The third-order valence-corrected chi connectivity index (χ3v) is 4.54. The Hall–Kier alpha value is -2.48. The SMILES string of the molecule is CCCC(CNC(=O)c1cc2cc([N+](=O)[O-])ccc2s1)C(=O)O. The fraction of sp³-hybridized carbons (Fsp3) is 0.333. The maximum absolute atomic E-state index is 12.1. The van der Waals surface area contributed by atoms with E-state index >= 15 is 0 Å². The van der Waals surface area contributed by atoms with Gasteiger partial charge in [-0.15, -0.1) is 11.3 Å². The van der Waals surface area contributed by atoms with E-state index in [0.29, 0.717) is 16.7 Å². The summed E-state index contributed by atoms with van der Waals surface area (Å²) in [6, 6.07) is 5.99. The smallest absolute Gasteiger partial charge is 0.308 e. The van der Waals surface area contributed by atoms with Crippen LogP contribution in [0.15, 0.2) is 24.3 Å². The fourth-order valence-electron chi connectivity index (χ4n) is 2.22. The van der Waals surface area contributed by atoms with E-state index in [-0.39, 0.29) is 18.1 Å². The van der Waals surface area contributed by atoms with Gasteiger partial charge in [0.05, 0.1) is 15.7 Å². The second-order valence-corrected chi connectivity index (χ2v) is 6.21. The van der Waals surface area contributed by atoms with Gasteiger partial charge in [-0.05, 0) is 18.6 Å². The highest BCUT2D eigenvalue weighted by Gasteiger charge is 2.19. The van der Waals surface area contributed by atoms with Crippen LogP contribution in [0.5, 0.6) is 0 Å². The number of rotatable bonds is 7. The van der Waals surface area contributed by atoms with Crippen LogP contribution in [0.4, 0.5) is 5.69 Å². The number of thiophene rings is 1. The molecule has 0 spiro atoms. The summed E-state index contributed by atoms with van der Waals surface area (Å²) in [4.78, 5) is 33.9. The number of hydrogen-bond acceptors (Lipinski definition) is 5. The van der Waals surface area contributed by atoms with E-state index < -0.39 is 16.8 Å². The maximum Gasteiger partial charge on any atom is 0.308 e. The van der Waals surface area contributed by atoms with Crippen LogP contribution in [-0.4, -0.2) is 28.5 Å². The Balaban J connectivity index is 2.11. The standard InChI is InChI=1S/C15H16N2O5S/c1-2-3-9(15(19)20)8-16-14(18)13-7-10-6-11(17(21)22)4-5-12(10)23-13/h4-7,9H,2-3,8H2,1H3,(H,16,18)(H,19,20). The fourth-order valence-corrected chi connectivity index (χ4v) is 3.18. The number of carbonyl (C=O) groups is 2. The molecule has 0 bridgehead atoms. The zero-order chi connectivity index (χ0) is 17.0. The average Bonchev–Trinajstić information content (AvgIpc) is 2.93. The van der Waals surface area contributed by atoms with Gasteiger partial charge in [-0.25, -0.2) is 0 Å². The number of hydrogen-bond donors (Lipinski definition) is 2. The minimum Gasteiger partial charge on any atom is -0.481 e. The van der Waals surface area contributed by atoms with Crippen molar-refractivity contribution in [2.24, 2.45) is 5.92 Å². The molecule has 1 aromatic carbocycles. The zero-order valence-corrected chi connectivity index (χ0v) is 13.3. The number of aliphatic carboxylic acids is 1. The minimum atomic E-state index is -0.931. The Morgan fingerprint density at radius 1 is 1.39 bits per heavy atom. The quantitative estimate of drug-likeness (QED) is 0.596. The molecule has 1 unspecified atom stereocenters. The van der Waals surface area contributed by atoms with Crippen LogP contribution in [0, 0.1) is 16.0 Å². The summed E-state index contributed by atoms with van der Waals surface area (Å²) in [7, 11) is 0. The van der Waals surface area contributed by atoms with Gasteiger partial charge in [-0.3, -0.25) is 19.7 Å². The number of carbonyl (C=O) groups excluding carboxylic acids is 1. The lowest BCUT2D eigenvalue weighted by Crippen LogP contribution is -2.32. The first kappa shape index (κ1) is 16.9. The second kappa shape index (κ2) is 7.19. The third-order valence-electron chi connectivity index (χ3n) is 3.43. The molecule has 7 nitrogen and oxygen atoms in total. The number of nitrogens with one attached hydrogen (secondary N) is 1. The molecule has 0 saturated heterocycles. The molecule has 8 heteroatoms. The van der Waals surface area contributed by atoms with Crippen molar-refractivity contribution >= 4 is 39.0 Å². The summed E-state index contributed by atoms with van der Waals surface area (Å²) in [5.41, 5.74) is -0.0313. The number of non-ortho nitro benzene ring substituents is 1. The molecule has 1 amide bonds. The molecule has 1 aromatic heterocycles. The van der Waals surface area contributed by atoms with Gasteiger partial charge >= 0.3 is 5.97 Å². The van der Waals surface area contributed by atoms with Crippen LogP contribution < -0.4 is 5.32 Å². The summed E-state index contributed by atoms with van der Waals surface area (Å²) in [6.07, 6.45) is 1.22. The van der Waals surface area contributed by atoms with Crippen LogP contribution in [0.3, 0.4) is 0 Å². The molecule has 122 valence electrons. The van der Waals surface area contributed by atoms with E-state index in [1.807, 2.05) is 6.92 Å². The van der Waals surface area contributed by atoms with E-state index in [1.165, 1.54) is 23.5 Å². The molecule has 1 atom stereocenters. The second-order valence-electron chi connectivity index (χ2n) is 5.12. The summed E-state index contributed by atoms with van der Waals surface area (Å²) < 4.78 is 0.768. The number of nitro groups is 1. The highest BCUT2D eigenvalue weighted by molar-refractivity contribution is 7.20. The van der Waals surface area contributed by atoms with Gasteiger partial charge in [0.2, 0.25) is 0 Å². The number of nitrogens with zero attached hydrogens (tertiary/aromatic N) is 1. The lowest BCUT2D eigenvalue weighted by atomic mass is 10.0. The van der Waals surface area contributed by atoms with Gasteiger partial charge in [-0.2, -0.15) is 0 Å². The molecular formula is C15H16N2O5S. The normalized spacial score (nSPS) is 12.0. The van der Waals surface area contributed by atoms with Crippen molar-refractivity contribution in [1.82, 2.24) is 5.32 Å². The predicted molar refractivity (Wildman–Crippen MR) is 86.8 cm³/mol. The number of carboxylic acid groups (broad SMARTS) is 1. The number of fused-ring (bicyclic) bond motifs is 1. The predicted octanol–water partition coefficient (Wildman–Crippen LogP) is 3.04. The molecule has 2 N–H and O–H groups in total. The molecule has 2 aromatic rings. The first-order valence-electron chi connectivity index (χ1n) is 7.11. The molecule has 0 aliphatic heterocycles. The summed E-state index contributed by atoms with van der Waals surface area (Å²) >= 11 is 1.22. The van der Waals surface area contributed by atoms with Crippen LogP contribution in [0.25, 0.3) is 10.1 Å². The van der Waals surface area contributed by atoms with Crippen LogP contribution in [0.2, 0.25) is 0 Å². The number of nitro benzene ring substituents is 1. The molecule has 0 radical (unpaired) electrons. The topological polar surface area (TPSA) is 110 Å². The lowest BCUT2D eigenvalue weighted by Gasteiger charge is -2.11. The van der Waals surface area contributed by atoms with Crippen molar-refractivity contribution in [3.8, 4) is 0 Å². The monoisotopic (exact) mass is 336 g/mol. The van der Waals surface area contributed by atoms with Gasteiger partial charge in [0, 0.05) is 28.8 Å². The lowest BCUT2D eigenvalue weighted by molar-refractivity contribution is -0.384. The third kappa shape index (κ3) is 4.04. The zero-order valence-electron chi connectivity index (χ0n) is 12.4. The number of carboxylic acids is 1. The van der Waals surface area contributed by atoms with Crippen molar-refractivity contribution in [2.45, 2.75) is 19.8 Å². The van der Waals surface area contributed by atoms with Gasteiger partial charge in [0.15, 0.2) is 0 Å². The summed E-state index contributed by atoms with van der Waals surface area (Å²) in [5.74, 6) is -1.91. The Kier molecular flexibility index (Phi) is 5.28. The van der Waals surface area contributed by atoms with Crippen LogP contribution in [-0.2, 0) is 4.79 Å². The van der Waals surface area contributed by atoms with E-state index in [1.54, 1.807) is 12.1 Å². The summed E-state index contributed by atoms with van der Waals surface area (Å²) in [6.45, 7) is 1.95. The molecule has 0 aliphatic carbocycles. The Labute approximate surface area is 136 Å². The molecule has 2 rings (SSSR count).